The van der Waals surface area contributed by atoms with Crippen molar-refractivity contribution in [2.24, 2.45) is 0 Å². The lowest BCUT2D eigenvalue weighted by molar-refractivity contribution is -0.135. The van der Waals surface area contributed by atoms with Crippen molar-refractivity contribution in [3.05, 3.63) is 59.8 Å². The van der Waals surface area contributed by atoms with E-state index in [2.05, 4.69) is 4.98 Å². The number of ether oxygens (including phenoxy) is 2. The Morgan fingerprint density at radius 1 is 1.13 bits per heavy atom. The average molecular weight is 423 g/mol. The van der Waals surface area contributed by atoms with Crippen LogP contribution in [0.25, 0.3) is 10.9 Å². The number of nitrogens with one attached hydrogen (secondary N) is 1. The molecule has 2 N–H and O–H groups in total. The molecule has 8 heteroatoms. The van der Waals surface area contributed by atoms with Gasteiger partial charge in [0.05, 0.1) is 13.7 Å². The van der Waals surface area contributed by atoms with Crippen LogP contribution in [0.2, 0.25) is 0 Å². The Morgan fingerprint density at radius 3 is 2.77 bits per heavy atom. The fourth-order valence-electron chi connectivity index (χ4n) is 3.69. The molecule has 1 aromatic heterocycles. The van der Waals surface area contributed by atoms with Crippen LogP contribution >= 0.6 is 0 Å². The van der Waals surface area contributed by atoms with Gasteiger partial charge >= 0.3 is 0 Å². The van der Waals surface area contributed by atoms with Crippen molar-refractivity contribution in [3.8, 4) is 11.5 Å². The van der Waals surface area contributed by atoms with Crippen LogP contribution in [0.3, 0.4) is 0 Å². The van der Waals surface area contributed by atoms with Gasteiger partial charge in [0.1, 0.15) is 30.3 Å². The number of aliphatic hydroxyl groups excluding tert-OH is 1. The molecule has 4 rings (SSSR count). The summed E-state index contributed by atoms with van der Waals surface area (Å²) < 4.78 is 10.7. The quantitative estimate of drug-likeness (QED) is 0.606. The van der Waals surface area contributed by atoms with Gasteiger partial charge in [-0.05, 0) is 42.0 Å². The highest BCUT2D eigenvalue weighted by Gasteiger charge is 2.28. The molecule has 2 heterocycles. The molecule has 2 aromatic carbocycles. The number of rotatable bonds is 7. The molecule has 0 unspecified atom stereocenters. The number of benzene rings is 2. The number of methoxy groups -OCH3 is 1. The molecule has 31 heavy (non-hydrogen) atoms. The second-order valence-corrected chi connectivity index (χ2v) is 7.40. The van der Waals surface area contributed by atoms with Crippen molar-refractivity contribution >= 4 is 22.7 Å². The van der Waals surface area contributed by atoms with Crippen molar-refractivity contribution in [2.75, 3.05) is 40.0 Å². The minimum atomic E-state index is -0.192. The van der Waals surface area contributed by atoms with Crippen LogP contribution in [0, 0.1) is 0 Å². The third-order valence-corrected chi connectivity index (χ3v) is 5.30. The van der Waals surface area contributed by atoms with Gasteiger partial charge in [0.25, 0.3) is 5.91 Å². The second-order valence-electron chi connectivity index (χ2n) is 7.40. The fraction of sp³-hybridized carbons (Fsp3) is 0.304. The van der Waals surface area contributed by atoms with Gasteiger partial charge in [-0.25, -0.2) is 0 Å². The van der Waals surface area contributed by atoms with E-state index in [9.17, 15) is 9.59 Å². The molecule has 1 aliphatic heterocycles. The van der Waals surface area contributed by atoms with E-state index < -0.39 is 0 Å². The zero-order valence-electron chi connectivity index (χ0n) is 17.3. The van der Waals surface area contributed by atoms with Gasteiger partial charge in [-0.2, -0.15) is 0 Å². The molecular weight excluding hydrogens is 398 g/mol. The summed E-state index contributed by atoms with van der Waals surface area (Å²) in [5.41, 5.74) is 2.24. The van der Waals surface area contributed by atoms with Gasteiger partial charge in [-0.3, -0.25) is 9.59 Å². The van der Waals surface area contributed by atoms with Crippen LogP contribution in [-0.2, 0) is 11.3 Å². The first-order chi connectivity index (χ1) is 15.1. The fourth-order valence-corrected chi connectivity index (χ4v) is 3.69. The number of carbonyl (C=O) groups is 2. The van der Waals surface area contributed by atoms with E-state index in [1.807, 2.05) is 42.5 Å². The standard InChI is InChI=1S/C23H25N3O5/c1-30-18-5-6-20-17(12-18)13-21(24-20)23(29)26-8-7-25(22(28)15-26)14-16-3-2-4-19(11-16)31-10-9-27/h2-6,11-13,24,27H,7-10,14-15H2,1H3. The number of hydrogen-bond acceptors (Lipinski definition) is 5. The summed E-state index contributed by atoms with van der Waals surface area (Å²) >= 11 is 0. The first-order valence-corrected chi connectivity index (χ1v) is 10.1. The van der Waals surface area contributed by atoms with E-state index in [1.54, 1.807) is 23.0 Å². The Kier molecular flexibility index (Phi) is 6.08. The van der Waals surface area contributed by atoms with Crippen LogP contribution in [-0.4, -0.2) is 71.7 Å². The van der Waals surface area contributed by atoms with Gasteiger partial charge in [-0.1, -0.05) is 12.1 Å². The summed E-state index contributed by atoms with van der Waals surface area (Å²) in [7, 11) is 1.60. The van der Waals surface area contributed by atoms with E-state index in [-0.39, 0.29) is 31.6 Å². The van der Waals surface area contributed by atoms with E-state index in [0.29, 0.717) is 31.1 Å². The minimum absolute atomic E-state index is 0.0399. The lowest BCUT2D eigenvalue weighted by Gasteiger charge is -2.34. The molecule has 162 valence electrons. The third kappa shape index (κ3) is 4.64. The van der Waals surface area contributed by atoms with Crippen LogP contribution in [0.4, 0.5) is 0 Å². The third-order valence-electron chi connectivity index (χ3n) is 5.30. The number of aliphatic hydroxyl groups is 1. The number of aromatic amines is 1. The maximum absolute atomic E-state index is 12.9. The Hall–Kier alpha value is -3.52. The SMILES string of the molecule is COc1ccc2[nH]c(C(=O)N3CCN(Cc4cccc(OCCO)c4)C(=O)C3)cc2c1. The molecule has 3 aromatic rings. The summed E-state index contributed by atoms with van der Waals surface area (Å²) in [5, 5.41) is 9.78. The molecular formula is C23H25N3O5. The second kappa shape index (κ2) is 9.09. The molecule has 0 radical (unpaired) electrons. The largest absolute Gasteiger partial charge is 0.497 e. The summed E-state index contributed by atoms with van der Waals surface area (Å²) in [4.78, 5) is 32.1. The number of fused-ring (bicyclic) bond motifs is 1. The smallest absolute Gasteiger partial charge is 0.270 e. The molecule has 1 aliphatic rings. The van der Waals surface area contributed by atoms with E-state index in [4.69, 9.17) is 14.6 Å². The zero-order valence-corrected chi connectivity index (χ0v) is 17.3. The normalized spacial score (nSPS) is 14.2. The highest BCUT2D eigenvalue weighted by atomic mass is 16.5. The average Bonchev–Trinajstić information content (AvgIpc) is 3.22. The summed E-state index contributed by atoms with van der Waals surface area (Å²) in [6.45, 7) is 1.58. The number of piperazine rings is 1. The van der Waals surface area contributed by atoms with Crippen LogP contribution in [0.5, 0.6) is 11.5 Å². The number of amides is 2. The maximum Gasteiger partial charge on any atom is 0.270 e. The Balaban J connectivity index is 1.40. The highest BCUT2D eigenvalue weighted by Crippen LogP contribution is 2.23. The lowest BCUT2D eigenvalue weighted by atomic mass is 10.1. The minimum Gasteiger partial charge on any atom is -0.497 e. The van der Waals surface area contributed by atoms with Crippen LogP contribution < -0.4 is 9.47 Å². The van der Waals surface area contributed by atoms with E-state index in [1.165, 1.54) is 0 Å². The van der Waals surface area contributed by atoms with Crippen molar-refractivity contribution in [3.63, 3.8) is 0 Å². The van der Waals surface area contributed by atoms with Gasteiger partial charge in [0.2, 0.25) is 5.91 Å². The lowest BCUT2D eigenvalue weighted by Crippen LogP contribution is -2.51. The molecule has 0 saturated carbocycles. The maximum atomic E-state index is 12.9. The van der Waals surface area contributed by atoms with Gasteiger partial charge in [0, 0.05) is 30.5 Å². The molecule has 1 saturated heterocycles. The number of carbonyl (C=O) groups excluding carboxylic acids is 2. The van der Waals surface area contributed by atoms with E-state index in [0.717, 1.165) is 22.2 Å². The Bertz CT molecular complexity index is 1090. The van der Waals surface area contributed by atoms with Crippen molar-refractivity contribution in [1.29, 1.82) is 0 Å². The molecule has 8 nitrogen and oxygen atoms in total. The summed E-state index contributed by atoms with van der Waals surface area (Å²) in [6.07, 6.45) is 0. The van der Waals surface area contributed by atoms with Crippen LogP contribution in [0.15, 0.2) is 48.5 Å². The van der Waals surface area contributed by atoms with Crippen molar-refractivity contribution in [1.82, 2.24) is 14.8 Å². The molecule has 0 spiro atoms. The van der Waals surface area contributed by atoms with Crippen molar-refractivity contribution in [2.45, 2.75) is 6.54 Å². The highest BCUT2D eigenvalue weighted by molar-refractivity contribution is 6.00. The van der Waals surface area contributed by atoms with Crippen molar-refractivity contribution < 1.29 is 24.2 Å². The number of nitrogens with zero attached hydrogens (tertiary/aromatic N) is 2. The van der Waals surface area contributed by atoms with Crippen LogP contribution in [0.1, 0.15) is 16.1 Å². The van der Waals surface area contributed by atoms with Gasteiger partial charge in [0.15, 0.2) is 0 Å². The molecule has 2 amide bonds. The number of H-pyrrole nitrogens is 1. The zero-order chi connectivity index (χ0) is 21.8. The molecule has 1 fully saturated rings. The molecule has 0 bridgehead atoms. The summed E-state index contributed by atoms with van der Waals surface area (Å²) in [6, 6.07) is 14.8. The first-order valence-electron chi connectivity index (χ1n) is 10.1. The Morgan fingerprint density at radius 2 is 2.00 bits per heavy atom. The topological polar surface area (TPSA) is 95.1 Å². The number of hydrogen-bond donors (Lipinski definition) is 2. The molecule has 0 atom stereocenters. The summed E-state index contributed by atoms with van der Waals surface area (Å²) in [5.74, 6) is 1.09. The Labute approximate surface area is 180 Å². The number of aromatic nitrogens is 1. The molecule has 0 aliphatic carbocycles. The van der Waals surface area contributed by atoms with E-state index >= 15 is 0 Å². The predicted octanol–water partition coefficient (Wildman–Crippen LogP) is 2.03. The van der Waals surface area contributed by atoms with Gasteiger partial charge < -0.3 is 29.4 Å². The monoisotopic (exact) mass is 423 g/mol. The predicted molar refractivity (Wildman–Crippen MR) is 115 cm³/mol. The first kappa shape index (κ1) is 20.7. The van der Waals surface area contributed by atoms with Gasteiger partial charge in [-0.15, -0.1) is 0 Å².